The Hall–Kier alpha value is -2.04. The molecular formula is C19H30N4O3. The van der Waals surface area contributed by atoms with Crippen LogP contribution >= 0.6 is 0 Å². The first-order chi connectivity index (χ1) is 12.5. The van der Waals surface area contributed by atoms with Gasteiger partial charge in [-0.15, -0.1) is 0 Å². The lowest BCUT2D eigenvalue weighted by molar-refractivity contribution is -0.136. The number of ketones is 1. The summed E-state index contributed by atoms with van der Waals surface area (Å²) in [5, 5.41) is 13.3. The van der Waals surface area contributed by atoms with Gasteiger partial charge in [0, 0.05) is 26.3 Å². The molecule has 3 aliphatic rings. The molecule has 3 rings (SSSR count). The van der Waals surface area contributed by atoms with Crippen LogP contribution < -0.4 is 5.48 Å². The van der Waals surface area contributed by atoms with Gasteiger partial charge >= 0.3 is 0 Å². The van der Waals surface area contributed by atoms with Crippen LogP contribution in [0.3, 0.4) is 0 Å². The molecule has 0 spiro atoms. The lowest BCUT2D eigenvalue weighted by Crippen LogP contribution is -2.57. The van der Waals surface area contributed by atoms with Gasteiger partial charge in [0.2, 0.25) is 5.70 Å². The van der Waals surface area contributed by atoms with Crippen LogP contribution in [0.25, 0.3) is 4.85 Å². The van der Waals surface area contributed by atoms with Gasteiger partial charge in [-0.05, 0) is 25.7 Å². The number of hydrogen-bond donors (Lipinski definition) is 2. The van der Waals surface area contributed by atoms with E-state index in [1.54, 1.807) is 18.6 Å². The summed E-state index contributed by atoms with van der Waals surface area (Å²) in [7, 11) is 4.36. The quantitative estimate of drug-likeness (QED) is 0.511. The van der Waals surface area contributed by atoms with Crippen molar-refractivity contribution in [2.24, 2.45) is 27.3 Å². The highest BCUT2D eigenvalue weighted by molar-refractivity contribution is 6.17. The van der Waals surface area contributed by atoms with Gasteiger partial charge in [0.25, 0.3) is 5.91 Å². The summed E-state index contributed by atoms with van der Waals surface area (Å²) in [6.07, 6.45) is 3.25. The van der Waals surface area contributed by atoms with E-state index in [9.17, 15) is 9.59 Å². The second-order valence-electron chi connectivity index (χ2n) is 7.90. The van der Waals surface area contributed by atoms with E-state index in [-0.39, 0.29) is 23.3 Å². The molecule has 0 aromatic carbocycles. The number of carbonyl (C=O) groups is 2. The summed E-state index contributed by atoms with van der Waals surface area (Å²) < 4.78 is 5.75. The summed E-state index contributed by atoms with van der Waals surface area (Å²) >= 11 is 0. The number of rotatable bonds is 0. The molecule has 2 N–H and O–H groups in total. The smallest absolute Gasteiger partial charge is 0.254 e. The van der Waals surface area contributed by atoms with Crippen LogP contribution in [0.4, 0.5) is 0 Å². The number of nitrogens with zero attached hydrogens (tertiary/aromatic N) is 3. The third-order valence-corrected chi connectivity index (χ3v) is 5.95. The molecule has 7 nitrogen and oxygen atoms in total. The molecule has 0 aromatic rings. The molecule has 7 heteroatoms. The lowest BCUT2D eigenvalue weighted by atomic mass is 9.48. The fourth-order valence-corrected chi connectivity index (χ4v) is 4.79. The number of hydrazone groups is 1. The van der Waals surface area contributed by atoms with Gasteiger partial charge < -0.3 is 10.0 Å². The van der Waals surface area contributed by atoms with Crippen molar-refractivity contribution in [1.82, 2.24) is 10.5 Å². The van der Waals surface area contributed by atoms with Crippen LogP contribution in [0.1, 0.15) is 49.3 Å². The molecule has 1 fully saturated rings. The molecule has 1 amide bonds. The minimum atomic E-state index is -0.614. The number of amides is 1. The molecule has 1 aliphatic heterocycles. The standard InChI is InChI=1S/C17H21N3O2.CH5NO.CH4/c1-15(2)11-7-8-16(3)13(19-20(6)14(16)22)17(11,4)9-10(18-5)12(15)21;1-2-3;/h9,11H,7-8H2,1-4,6H3;2-3H,1H3;1H4/t11-,16?,17-;;/m0../s1/i;;1T. The van der Waals surface area contributed by atoms with Crippen LogP contribution in [0.5, 0.6) is 0 Å². The summed E-state index contributed by atoms with van der Waals surface area (Å²) in [5.41, 5.74) is 0.991. The molecule has 1 unspecified atom stereocenters. The Kier molecular flexibility index (Phi) is 5.41. The minimum Gasteiger partial charge on any atom is -0.317 e. The van der Waals surface area contributed by atoms with Crippen molar-refractivity contribution in [2.45, 2.75) is 47.9 Å². The van der Waals surface area contributed by atoms with Crippen LogP contribution in [0.15, 0.2) is 16.9 Å². The van der Waals surface area contributed by atoms with Gasteiger partial charge in [-0.1, -0.05) is 34.2 Å². The zero-order valence-corrected chi connectivity index (χ0v) is 16.7. The Morgan fingerprint density at radius 2 is 1.96 bits per heavy atom. The maximum atomic E-state index is 12.6. The van der Waals surface area contributed by atoms with E-state index in [1.807, 2.05) is 27.7 Å². The number of nitrogens with one attached hydrogen (secondary N) is 1. The molecular weight excluding hydrogens is 332 g/mol. The summed E-state index contributed by atoms with van der Waals surface area (Å²) in [4.78, 5) is 28.5. The molecule has 0 saturated heterocycles. The van der Waals surface area contributed by atoms with E-state index in [2.05, 4.69) is 9.95 Å². The minimum absolute atomic E-state index is 0.00893. The fraction of sp³-hybridized carbons (Fsp3) is 0.684. The van der Waals surface area contributed by atoms with Crippen LogP contribution in [0, 0.1) is 28.7 Å². The lowest BCUT2D eigenvalue weighted by Gasteiger charge is -2.53. The number of allylic oxidation sites excluding steroid dienone is 2. The average Bonchev–Trinajstić information content (AvgIpc) is 2.86. The fourth-order valence-electron chi connectivity index (χ4n) is 4.79. The predicted octanol–water partition coefficient (Wildman–Crippen LogP) is 2.88. The van der Waals surface area contributed by atoms with Crippen LogP contribution in [-0.2, 0) is 9.59 Å². The van der Waals surface area contributed by atoms with Crippen molar-refractivity contribution >= 4 is 17.4 Å². The largest absolute Gasteiger partial charge is 0.317 e. The number of carbonyl (C=O) groups excluding carboxylic acids is 2. The van der Waals surface area contributed by atoms with Gasteiger partial charge in [0.05, 0.1) is 17.7 Å². The monoisotopic (exact) mass is 364 g/mol. The number of hydrogen-bond acceptors (Lipinski definition) is 5. The van der Waals surface area contributed by atoms with Gasteiger partial charge in [-0.3, -0.25) is 4.79 Å². The number of Topliss-reactive ketones (excluding diaryl/α,β-unsaturated/α-hetero) is 1. The maximum Gasteiger partial charge on any atom is 0.254 e. The SMILES string of the molecule is CNO.[3H]C.[C-]#[N+]C1=C[C@]2(C)C3=NN(C)C(=O)C3(C)CC[C@H]2C(C)(C)C1=O. The Bertz CT molecular complexity index is 725. The second kappa shape index (κ2) is 6.93. The molecule has 0 aromatic heterocycles. The maximum absolute atomic E-state index is 12.6. The zero-order chi connectivity index (χ0) is 21.2. The van der Waals surface area contributed by atoms with Gasteiger partial charge in [0.1, 0.15) is 0 Å². The van der Waals surface area contributed by atoms with Crippen molar-refractivity contribution in [3.63, 3.8) is 0 Å². The first-order valence-corrected chi connectivity index (χ1v) is 8.34. The molecule has 1 heterocycles. The van der Waals surface area contributed by atoms with Gasteiger partial charge in [0.15, 0.2) is 5.78 Å². The van der Waals surface area contributed by atoms with Crippen molar-refractivity contribution in [2.75, 3.05) is 14.1 Å². The Morgan fingerprint density at radius 1 is 1.42 bits per heavy atom. The number of hydroxylamine groups is 1. The third kappa shape index (κ3) is 2.78. The molecule has 144 valence electrons. The molecule has 1 saturated carbocycles. The Morgan fingerprint density at radius 3 is 2.46 bits per heavy atom. The van der Waals surface area contributed by atoms with E-state index >= 15 is 0 Å². The van der Waals surface area contributed by atoms with Crippen molar-refractivity contribution in [3.05, 3.63) is 23.2 Å². The van der Waals surface area contributed by atoms with Gasteiger partial charge in [-0.25, -0.2) is 15.3 Å². The van der Waals surface area contributed by atoms with E-state index in [0.29, 0.717) is 6.42 Å². The van der Waals surface area contributed by atoms with Crippen LogP contribution in [0.2, 0.25) is 0 Å². The predicted molar refractivity (Wildman–Crippen MR) is 100 cm³/mol. The topological polar surface area (TPSA) is 86.4 Å². The molecule has 2 aliphatic carbocycles. The highest BCUT2D eigenvalue weighted by atomic mass is 16.5. The zero-order valence-electron chi connectivity index (χ0n) is 17.7. The highest BCUT2D eigenvalue weighted by Crippen LogP contribution is 2.59. The first kappa shape index (κ1) is 20.3. The van der Waals surface area contributed by atoms with Crippen molar-refractivity contribution < 1.29 is 16.2 Å². The van der Waals surface area contributed by atoms with Gasteiger partial charge in [-0.2, -0.15) is 5.10 Å². The van der Waals surface area contributed by atoms with Crippen molar-refractivity contribution in [1.29, 1.82) is 0 Å². The third-order valence-electron chi connectivity index (χ3n) is 5.95. The summed E-state index contributed by atoms with van der Waals surface area (Å²) in [6, 6.07) is 0. The summed E-state index contributed by atoms with van der Waals surface area (Å²) in [6.45, 7) is 15.1. The molecule has 0 bridgehead atoms. The van der Waals surface area contributed by atoms with Crippen molar-refractivity contribution in [3.8, 4) is 0 Å². The number of fused-ring (bicyclic) bond motifs is 3. The van der Waals surface area contributed by atoms with Crippen LogP contribution in [-0.4, -0.2) is 41.7 Å². The molecule has 3 atom stereocenters. The van der Waals surface area contributed by atoms with E-state index < -0.39 is 16.2 Å². The summed E-state index contributed by atoms with van der Waals surface area (Å²) in [5.74, 6) is -0.0226. The Labute approximate surface area is 157 Å². The molecule has 0 radical (unpaired) electrons. The average molecular weight is 364 g/mol. The second-order valence-corrected chi connectivity index (χ2v) is 7.90. The van der Waals surface area contributed by atoms with E-state index in [0.717, 1.165) is 12.1 Å². The van der Waals surface area contributed by atoms with E-state index in [1.165, 1.54) is 19.5 Å². The normalized spacial score (nSPS) is 34.5. The van der Waals surface area contributed by atoms with E-state index in [4.69, 9.17) is 13.2 Å². The highest BCUT2D eigenvalue weighted by Gasteiger charge is 2.63. The molecule has 26 heavy (non-hydrogen) atoms. The first-order valence-electron chi connectivity index (χ1n) is 9.34. The Balaban J connectivity index is 0.000000665.